The number of methoxy groups -OCH3 is 1. The van der Waals surface area contributed by atoms with Crippen molar-refractivity contribution in [2.75, 3.05) is 32.1 Å². The molecule has 1 heterocycles. The van der Waals surface area contributed by atoms with Gasteiger partial charge in [0.25, 0.3) is 5.17 Å². The summed E-state index contributed by atoms with van der Waals surface area (Å²) in [5.41, 5.74) is 0.428. The molecule has 29 heavy (non-hydrogen) atoms. The summed E-state index contributed by atoms with van der Waals surface area (Å²) in [7, 11) is 1.43. The normalized spacial score (nSPS) is 11.2. The van der Waals surface area contributed by atoms with Gasteiger partial charge in [-0.15, -0.1) is 5.10 Å². The Morgan fingerprint density at radius 2 is 2.07 bits per heavy atom. The minimum atomic E-state index is -0.777. The van der Waals surface area contributed by atoms with Crippen molar-refractivity contribution in [1.29, 1.82) is 0 Å². The third-order valence-electron chi connectivity index (χ3n) is 3.62. The first-order valence-electron chi connectivity index (χ1n) is 8.33. The predicted octanol–water partition coefficient (Wildman–Crippen LogP) is 1.06. The largest absolute Gasteiger partial charge is 0.474 e. The number of aromatic nitrogens is 3. The molecule has 13 heteroatoms. The maximum absolute atomic E-state index is 14.3. The van der Waals surface area contributed by atoms with Crippen molar-refractivity contribution in [3.63, 3.8) is 0 Å². The van der Waals surface area contributed by atoms with Gasteiger partial charge in [0.2, 0.25) is 0 Å². The van der Waals surface area contributed by atoms with E-state index in [0.717, 1.165) is 12.1 Å². The van der Waals surface area contributed by atoms with E-state index < -0.39 is 11.6 Å². The summed E-state index contributed by atoms with van der Waals surface area (Å²) in [5, 5.41) is 27.8. The number of thiocarbonyl (C=S) groups is 1. The van der Waals surface area contributed by atoms with Crippen molar-refractivity contribution in [3.05, 3.63) is 35.7 Å². The van der Waals surface area contributed by atoms with E-state index in [9.17, 15) is 8.78 Å². The Labute approximate surface area is 170 Å². The number of anilines is 1. The monoisotopic (exact) mass is 426 g/mol. The Kier molecular flexibility index (Phi) is 8.36. The fraction of sp³-hybridized carbons (Fsp3) is 0.312. The van der Waals surface area contributed by atoms with Crippen LogP contribution >= 0.6 is 12.2 Å². The van der Waals surface area contributed by atoms with Crippen molar-refractivity contribution >= 4 is 35.6 Å². The van der Waals surface area contributed by atoms with Crippen LogP contribution < -0.4 is 16.0 Å². The van der Waals surface area contributed by atoms with E-state index in [1.54, 1.807) is 0 Å². The van der Waals surface area contributed by atoms with Crippen LogP contribution in [-0.4, -0.2) is 64.7 Å². The molecule has 0 spiro atoms. The minimum Gasteiger partial charge on any atom is -0.474 e. The van der Waals surface area contributed by atoms with Gasteiger partial charge in [0, 0.05) is 25.2 Å². The molecule has 0 aliphatic rings. The molecule has 2 aromatic rings. The molecular weight excluding hydrogens is 406 g/mol. The van der Waals surface area contributed by atoms with Crippen molar-refractivity contribution in [1.82, 2.24) is 25.6 Å². The number of rotatable bonds is 9. The molecule has 4 N–H and O–H groups in total. The van der Waals surface area contributed by atoms with Gasteiger partial charge in [0.15, 0.2) is 17.5 Å². The Balaban J connectivity index is 1.96. The highest BCUT2D eigenvalue weighted by Gasteiger charge is 2.13. The third-order valence-corrected chi connectivity index (χ3v) is 3.93. The first-order chi connectivity index (χ1) is 14.0. The molecular formula is C16H20F2N8O2S. The van der Waals surface area contributed by atoms with E-state index in [1.165, 1.54) is 18.0 Å². The molecule has 0 saturated carbocycles. The highest BCUT2D eigenvalue weighted by Crippen LogP contribution is 2.22. The maximum Gasteiger partial charge on any atom is 0.256 e. The van der Waals surface area contributed by atoms with Crippen LogP contribution in [0, 0.1) is 11.6 Å². The number of benzene rings is 1. The molecule has 0 bridgehead atoms. The number of aliphatic imine (C=N–C) groups is 1. The van der Waals surface area contributed by atoms with Gasteiger partial charge in [0.1, 0.15) is 11.4 Å². The van der Waals surface area contributed by atoms with E-state index in [1.807, 2.05) is 0 Å². The van der Waals surface area contributed by atoms with Crippen molar-refractivity contribution < 1.29 is 18.7 Å². The Morgan fingerprint density at radius 1 is 1.34 bits per heavy atom. The second-order valence-corrected chi connectivity index (χ2v) is 5.93. The fourth-order valence-corrected chi connectivity index (χ4v) is 2.27. The summed E-state index contributed by atoms with van der Waals surface area (Å²) in [6, 6.07) is 2.28. The third kappa shape index (κ3) is 6.43. The summed E-state index contributed by atoms with van der Waals surface area (Å²) >= 11 is 4.86. The van der Waals surface area contributed by atoms with Gasteiger partial charge >= 0.3 is 0 Å². The number of hydrogen-bond donors (Lipinski definition) is 4. The maximum atomic E-state index is 14.3. The molecule has 156 valence electrons. The summed E-state index contributed by atoms with van der Waals surface area (Å²) < 4.78 is 34.7. The fourth-order valence-electron chi connectivity index (χ4n) is 2.20. The zero-order valence-electron chi connectivity index (χ0n) is 15.5. The van der Waals surface area contributed by atoms with Gasteiger partial charge < -0.3 is 25.9 Å². The summed E-state index contributed by atoms with van der Waals surface area (Å²) in [4.78, 5) is 3.47. The molecule has 1 aromatic carbocycles. The highest BCUT2D eigenvalue weighted by atomic mass is 32.1. The SMILES string of the molecule is C=N/C(CNCCNc1c(F)cc(-n2cc(CNC(=S)OC)nn2)cc1F)=N\O. The quantitative estimate of drug-likeness (QED) is 0.117. The Bertz CT molecular complexity index is 867. The zero-order valence-corrected chi connectivity index (χ0v) is 16.3. The van der Waals surface area contributed by atoms with Crippen molar-refractivity contribution in [2.45, 2.75) is 6.54 Å². The summed E-state index contributed by atoms with van der Waals surface area (Å²) in [5.74, 6) is -1.44. The van der Waals surface area contributed by atoms with Crippen LogP contribution in [0.2, 0.25) is 0 Å². The molecule has 1 aromatic heterocycles. The smallest absolute Gasteiger partial charge is 0.256 e. The average molecular weight is 426 g/mol. The first-order valence-corrected chi connectivity index (χ1v) is 8.74. The Morgan fingerprint density at radius 3 is 2.69 bits per heavy atom. The van der Waals surface area contributed by atoms with Gasteiger partial charge in [-0.25, -0.2) is 18.5 Å². The second kappa shape index (κ2) is 11.0. The summed E-state index contributed by atoms with van der Waals surface area (Å²) in [6.07, 6.45) is 1.52. The van der Waals surface area contributed by atoms with Crippen LogP contribution in [0.5, 0.6) is 0 Å². The molecule has 0 aliphatic carbocycles. The lowest BCUT2D eigenvalue weighted by molar-refractivity contribution is 0.317. The number of amidine groups is 1. The van der Waals surface area contributed by atoms with Crippen LogP contribution in [-0.2, 0) is 11.3 Å². The van der Waals surface area contributed by atoms with Crippen LogP contribution in [0.3, 0.4) is 0 Å². The molecule has 0 aliphatic heterocycles. The van der Waals surface area contributed by atoms with Crippen LogP contribution in [0.1, 0.15) is 5.69 Å². The number of halogens is 2. The van der Waals surface area contributed by atoms with E-state index in [0.29, 0.717) is 12.2 Å². The summed E-state index contributed by atoms with van der Waals surface area (Å²) in [6.45, 7) is 4.23. The molecule has 0 unspecified atom stereocenters. The highest BCUT2D eigenvalue weighted by molar-refractivity contribution is 7.80. The zero-order chi connectivity index (χ0) is 21.2. The van der Waals surface area contributed by atoms with Crippen LogP contribution in [0.15, 0.2) is 28.5 Å². The van der Waals surface area contributed by atoms with E-state index >= 15 is 0 Å². The molecule has 2 rings (SSSR count). The van der Waals surface area contributed by atoms with E-state index in [2.05, 4.69) is 43.1 Å². The standard InChI is InChI=1S/C16H20F2N8O2S/c1-19-14(24-27)8-20-3-4-21-15-12(17)5-11(6-13(15)18)26-9-10(23-25-26)7-22-16(29)28-2/h5-6,9,20-21,27H,1,3-4,7-8H2,2H3,(H,22,29)/b24-14-. The molecule has 10 nitrogen and oxygen atoms in total. The Hall–Kier alpha value is -3.19. The van der Waals surface area contributed by atoms with Crippen molar-refractivity contribution in [3.8, 4) is 5.69 Å². The van der Waals surface area contributed by atoms with Gasteiger partial charge in [-0.1, -0.05) is 10.4 Å². The topological polar surface area (TPSA) is 121 Å². The van der Waals surface area contributed by atoms with Gasteiger partial charge in [-0.05, 0) is 18.9 Å². The lowest BCUT2D eigenvalue weighted by Crippen LogP contribution is -2.27. The number of nitrogens with one attached hydrogen (secondary N) is 3. The first kappa shape index (κ1) is 22.1. The lowest BCUT2D eigenvalue weighted by Gasteiger charge is -2.11. The number of ether oxygens (including phenoxy) is 1. The lowest BCUT2D eigenvalue weighted by atomic mass is 10.2. The molecule has 0 fully saturated rings. The second-order valence-electron chi connectivity index (χ2n) is 5.56. The van der Waals surface area contributed by atoms with E-state index in [4.69, 9.17) is 22.2 Å². The molecule has 0 radical (unpaired) electrons. The van der Waals surface area contributed by atoms with Gasteiger partial charge in [-0.3, -0.25) is 0 Å². The van der Waals surface area contributed by atoms with Crippen molar-refractivity contribution in [2.24, 2.45) is 10.1 Å². The average Bonchev–Trinajstić information content (AvgIpc) is 3.19. The number of hydrogen-bond acceptors (Lipinski definition) is 8. The molecule has 0 saturated heterocycles. The van der Waals surface area contributed by atoms with Gasteiger partial charge in [0.05, 0.1) is 32.1 Å². The van der Waals surface area contributed by atoms with Crippen LogP contribution in [0.25, 0.3) is 5.69 Å². The minimum absolute atomic E-state index is 0.109. The predicted molar refractivity (Wildman–Crippen MR) is 108 cm³/mol. The van der Waals surface area contributed by atoms with Gasteiger partial charge in [-0.2, -0.15) is 0 Å². The van der Waals surface area contributed by atoms with E-state index in [-0.39, 0.29) is 42.0 Å². The number of oxime groups is 1. The molecule has 0 amide bonds. The van der Waals surface area contributed by atoms with Crippen LogP contribution in [0.4, 0.5) is 14.5 Å². The molecule has 0 atom stereocenters. The number of nitrogens with zero attached hydrogens (tertiary/aromatic N) is 5.